The van der Waals surface area contributed by atoms with Gasteiger partial charge in [0.05, 0.1) is 23.2 Å². The van der Waals surface area contributed by atoms with E-state index < -0.39 is 10.0 Å². The molecule has 1 amide bonds. The van der Waals surface area contributed by atoms with Crippen LogP contribution in [0.4, 0.5) is 17.1 Å². The Morgan fingerprint density at radius 3 is 2.29 bits per heavy atom. The number of amides is 1. The number of carbonyl (C=O) groups excluding carboxylic acids is 1. The fourth-order valence-corrected chi connectivity index (χ4v) is 4.88. The third-order valence-corrected chi connectivity index (χ3v) is 6.74. The first-order valence-corrected chi connectivity index (χ1v) is 13.0. The molecule has 1 heterocycles. The minimum Gasteiger partial charge on any atom is -0.354 e. The lowest BCUT2D eigenvalue weighted by molar-refractivity contribution is -0.110. The molecule has 0 atom stereocenters. The van der Waals surface area contributed by atoms with Gasteiger partial charge in [-0.25, -0.2) is 8.42 Å². The standard InChI is InChI=1S/C26H28N4O3S/c1-3-27-17-18-30(34(2,32)33)21-15-13-20(14-16-21)28-25(19-9-5-4-6-10-19)24-22-11-7-8-12-23(22)29-26(24)31/h4-16,27-28H,3,17-18H2,1-2H3,(H,29,31)/b25-24-. The summed E-state index contributed by atoms with van der Waals surface area (Å²) in [5, 5.41) is 9.49. The van der Waals surface area contributed by atoms with Gasteiger partial charge in [0.15, 0.2) is 0 Å². The van der Waals surface area contributed by atoms with Gasteiger partial charge in [0.2, 0.25) is 10.0 Å². The summed E-state index contributed by atoms with van der Waals surface area (Å²) in [6, 6.07) is 24.5. The van der Waals surface area contributed by atoms with Gasteiger partial charge >= 0.3 is 0 Å². The van der Waals surface area contributed by atoms with E-state index in [1.165, 1.54) is 10.6 Å². The van der Waals surface area contributed by atoms with E-state index in [1.54, 1.807) is 12.1 Å². The van der Waals surface area contributed by atoms with Crippen molar-refractivity contribution in [2.24, 2.45) is 0 Å². The van der Waals surface area contributed by atoms with E-state index >= 15 is 0 Å². The minimum absolute atomic E-state index is 0.171. The molecule has 0 aliphatic carbocycles. The minimum atomic E-state index is -3.42. The number of carbonyl (C=O) groups is 1. The molecule has 0 fully saturated rings. The van der Waals surface area contributed by atoms with Crippen LogP contribution < -0.4 is 20.3 Å². The van der Waals surface area contributed by atoms with Gasteiger partial charge < -0.3 is 16.0 Å². The number of likely N-dealkylation sites (N-methyl/N-ethyl adjacent to an activating group) is 1. The molecule has 34 heavy (non-hydrogen) atoms. The van der Waals surface area contributed by atoms with Crippen molar-refractivity contribution in [3.63, 3.8) is 0 Å². The van der Waals surface area contributed by atoms with Gasteiger partial charge in [-0.2, -0.15) is 0 Å². The highest BCUT2D eigenvalue weighted by Crippen LogP contribution is 2.37. The Bertz CT molecular complexity index is 1300. The van der Waals surface area contributed by atoms with Crippen molar-refractivity contribution >= 4 is 44.3 Å². The van der Waals surface area contributed by atoms with Gasteiger partial charge in [-0.15, -0.1) is 0 Å². The predicted molar refractivity (Wildman–Crippen MR) is 139 cm³/mol. The number of hydrogen-bond acceptors (Lipinski definition) is 5. The Labute approximate surface area is 200 Å². The molecular formula is C26H28N4O3S. The second-order valence-corrected chi connectivity index (χ2v) is 9.88. The number of anilines is 3. The number of para-hydroxylation sites is 1. The van der Waals surface area contributed by atoms with E-state index in [2.05, 4.69) is 16.0 Å². The van der Waals surface area contributed by atoms with Crippen LogP contribution in [-0.4, -0.2) is 40.2 Å². The fourth-order valence-electron chi connectivity index (χ4n) is 3.95. The van der Waals surface area contributed by atoms with E-state index in [0.717, 1.165) is 29.0 Å². The molecule has 0 saturated carbocycles. The number of nitrogens with one attached hydrogen (secondary N) is 3. The first-order valence-electron chi connectivity index (χ1n) is 11.1. The Morgan fingerprint density at radius 2 is 1.62 bits per heavy atom. The van der Waals surface area contributed by atoms with E-state index in [4.69, 9.17) is 0 Å². The number of nitrogens with zero attached hydrogens (tertiary/aromatic N) is 1. The Kier molecular flexibility index (Phi) is 7.00. The van der Waals surface area contributed by atoms with E-state index in [0.29, 0.717) is 30.0 Å². The van der Waals surface area contributed by atoms with Crippen LogP contribution in [0, 0.1) is 0 Å². The van der Waals surface area contributed by atoms with Crippen LogP contribution in [0.25, 0.3) is 11.3 Å². The second-order valence-electron chi connectivity index (χ2n) is 7.98. The number of sulfonamides is 1. The predicted octanol–water partition coefficient (Wildman–Crippen LogP) is 3.99. The maximum atomic E-state index is 12.9. The highest BCUT2D eigenvalue weighted by Gasteiger charge is 2.28. The summed E-state index contributed by atoms with van der Waals surface area (Å²) in [6.45, 7) is 3.65. The Hall–Kier alpha value is -3.62. The molecule has 1 aliphatic heterocycles. The molecule has 3 aromatic carbocycles. The molecule has 7 nitrogen and oxygen atoms in total. The van der Waals surface area contributed by atoms with Crippen molar-refractivity contribution in [1.29, 1.82) is 0 Å². The average molecular weight is 477 g/mol. The van der Waals surface area contributed by atoms with E-state index in [1.807, 2.05) is 73.7 Å². The zero-order chi connectivity index (χ0) is 24.1. The molecule has 4 rings (SSSR count). The summed E-state index contributed by atoms with van der Waals surface area (Å²) < 4.78 is 26.0. The molecule has 0 spiro atoms. The quantitative estimate of drug-likeness (QED) is 0.321. The Morgan fingerprint density at radius 1 is 0.941 bits per heavy atom. The lowest BCUT2D eigenvalue weighted by Crippen LogP contribution is -2.36. The lowest BCUT2D eigenvalue weighted by atomic mass is 10.00. The van der Waals surface area contributed by atoms with Crippen molar-refractivity contribution in [2.75, 3.05) is 40.8 Å². The van der Waals surface area contributed by atoms with Crippen LogP contribution in [0.15, 0.2) is 78.9 Å². The number of benzene rings is 3. The summed E-state index contributed by atoms with van der Waals surface area (Å²) in [7, 11) is -3.42. The van der Waals surface area contributed by atoms with Crippen LogP contribution >= 0.6 is 0 Å². The van der Waals surface area contributed by atoms with Gasteiger partial charge in [0.1, 0.15) is 0 Å². The summed E-state index contributed by atoms with van der Waals surface area (Å²) in [6.07, 6.45) is 1.21. The van der Waals surface area contributed by atoms with E-state index in [-0.39, 0.29) is 5.91 Å². The molecule has 0 radical (unpaired) electrons. The smallest absolute Gasteiger partial charge is 0.258 e. The molecule has 0 unspecified atom stereocenters. The largest absolute Gasteiger partial charge is 0.354 e. The molecule has 0 aromatic heterocycles. The Balaban J connectivity index is 1.70. The molecular weight excluding hydrogens is 448 g/mol. The molecule has 1 aliphatic rings. The number of rotatable bonds is 9. The first-order chi connectivity index (χ1) is 16.4. The summed E-state index contributed by atoms with van der Waals surface area (Å²) in [4.78, 5) is 12.9. The van der Waals surface area contributed by atoms with Gasteiger partial charge in [-0.3, -0.25) is 9.10 Å². The normalized spacial score (nSPS) is 14.4. The van der Waals surface area contributed by atoms with Crippen LogP contribution in [-0.2, 0) is 14.8 Å². The maximum Gasteiger partial charge on any atom is 0.258 e. The maximum absolute atomic E-state index is 12.9. The number of hydrogen-bond donors (Lipinski definition) is 3. The van der Waals surface area contributed by atoms with E-state index in [9.17, 15) is 13.2 Å². The fraction of sp³-hybridized carbons (Fsp3) is 0.192. The molecule has 0 bridgehead atoms. The van der Waals surface area contributed by atoms with Crippen LogP contribution in [0.2, 0.25) is 0 Å². The monoisotopic (exact) mass is 476 g/mol. The zero-order valence-electron chi connectivity index (χ0n) is 19.2. The first kappa shape index (κ1) is 23.5. The average Bonchev–Trinajstić information content (AvgIpc) is 3.16. The molecule has 176 valence electrons. The van der Waals surface area contributed by atoms with Crippen LogP contribution in [0.1, 0.15) is 18.1 Å². The summed E-state index contributed by atoms with van der Waals surface area (Å²) in [5.41, 5.74) is 5.06. The number of fused-ring (bicyclic) bond motifs is 1. The molecule has 3 N–H and O–H groups in total. The van der Waals surface area contributed by atoms with Crippen molar-refractivity contribution in [3.05, 3.63) is 90.0 Å². The summed E-state index contributed by atoms with van der Waals surface area (Å²) >= 11 is 0. The van der Waals surface area contributed by atoms with Crippen molar-refractivity contribution in [2.45, 2.75) is 6.92 Å². The SMILES string of the molecule is CCNCCN(c1ccc(N/C(=C2\C(=O)Nc3ccccc32)c2ccccc2)cc1)S(C)(=O)=O. The van der Waals surface area contributed by atoms with Gasteiger partial charge in [-0.05, 0) is 42.4 Å². The highest BCUT2D eigenvalue weighted by atomic mass is 32.2. The molecule has 3 aromatic rings. The van der Waals surface area contributed by atoms with Gasteiger partial charge in [0, 0.05) is 30.0 Å². The van der Waals surface area contributed by atoms with Gasteiger partial charge in [0.25, 0.3) is 5.91 Å². The summed E-state index contributed by atoms with van der Waals surface area (Å²) in [5.74, 6) is -0.171. The molecule has 0 saturated heterocycles. The third kappa shape index (κ3) is 5.13. The topological polar surface area (TPSA) is 90.5 Å². The van der Waals surface area contributed by atoms with Crippen molar-refractivity contribution in [1.82, 2.24) is 5.32 Å². The van der Waals surface area contributed by atoms with Gasteiger partial charge in [-0.1, -0.05) is 55.5 Å². The molecule has 8 heteroatoms. The third-order valence-electron chi connectivity index (χ3n) is 5.55. The van der Waals surface area contributed by atoms with Crippen molar-refractivity contribution < 1.29 is 13.2 Å². The lowest BCUT2D eigenvalue weighted by Gasteiger charge is -2.23. The second kappa shape index (κ2) is 10.1. The van der Waals surface area contributed by atoms with Crippen LogP contribution in [0.3, 0.4) is 0 Å². The van der Waals surface area contributed by atoms with Crippen LogP contribution in [0.5, 0.6) is 0 Å². The highest BCUT2D eigenvalue weighted by molar-refractivity contribution is 7.92. The van der Waals surface area contributed by atoms with Crippen molar-refractivity contribution in [3.8, 4) is 0 Å². The zero-order valence-corrected chi connectivity index (χ0v) is 20.0.